The Balaban J connectivity index is 1.88. The molecule has 0 bridgehead atoms. The van der Waals surface area contributed by atoms with E-state index in [4.69, 9.17) is 5.73 Å². The van der Waals surface area contributed by atoms with Gasteiger partial charge in [-0.05, 0) is 29.7 Å². The standard InChI is InChI=1S/C18H19FN2O/c19-14-8-6-13(7-9-14)17-15(18(20)22)11-21-16(17)10-12-4-2-1-3-5-12/h1-9,15-17,21H,10-11H2,(H2,20,22). The zero-order valence-electron chi connectivity index (χ0n) is 12.2. The van der Waals surface area contributed by atoms with Gasteiger partial charge in [-0.2, -0.15) is 0 Å². The molecule has 0 saturated carbocycles. The molecule has 4 heteroatoms. The number of carbonyl (C=O) groups excluding carboxylic acids is 1. The highest BCUT2D eigenvalue weighted by Gasteiger charge is 2.39. The highest BCUT2D eigenvalue weighted by Crippen LogP contribution is 2.34. The number of nitrogens with two attached hydrogens (primary N) is 1. The van der Waals surface area contributed by atoms with E-state index in [1.807, 2.05) is 18.2 Å². The maximum Gasteiger partial charge on any atom is 0.222 e. The van der Waals surface area contributed by atoms with Crippen molar-refractivity contribution in [3.8, 4) is 0 Å². The third-order valence-corrected chi connectivity index (χ3v) is 4.39. The number of primary amides is 1. The molecule has 1 fully saturated rings. The van der Waals surface area contributed by atoms with Crippen LogP contribution in [0.3, 0.4) is 0 Å². The van der Waals surface area contributed by atoms with Gasteiger partial charge < -0.3 is 11.1 Å². The van der Waals surface area contributed by atoms with Crippen LogP contribution in [0.4, 0.5) is 4.39 Å². The molecule has 1 aliphatic heterocycles. The Hall–Kier alpha value is -2.20. The molecule has 1 saturated heterocycles. The molecule has 3 unspecified atom stereocenters. The molecule has 3 N–H and O–H groups in total. The lowest BCUT2D eigenvalue weighted by Crippen LogP contribution is -2.31. The van der Waals surface area contributed by atoms with E-state index in [2.05, 4.69) is 17.4 Å². The van der Waals surface area contributed by atoms with Crippen LogP contribution in [0.15, 0.2) is 54.6 Å². The van der Waals surface area contributed by atoms with Gasteiger partial charge in [0.25, 0.3) is 0 Å². The summed E-state index contributed by atoms with van der Waals surface area (Å²) in [5, 5.41) is 3.41. The van der Waals surface area contributed by atoms with Crippen molar-refractivity contribution in [3.05, 3.63) is 71.5 Å². The highest BCUT2D eigenvalue weighted by molar-refractivity contribution is 5.78. The smallest absolute Gasteiger partial charge is 0.222 e. The van der Waals surface area contributed by atoms with Crippen LogP contribution in [-0.2, 0) is 11.2 Å². The fraction of sp³-hybridized carbons (Fsp3) is 0.278. The van der Waals surface area contributed by atoms with E-state index < -0.39 is 0 Å². The molecule has 2 aromatic carbocycles. The molecule has 22 heavy (non-hydrogen) atoms. The normalized spacial score (nSPS) is 24.3. The Bertz CT molecular complexity index is 642. The van der Waals surface area contributed by atoms with E-state index in [0.29, 0.717) is 6.54 Å². The molecule has 1 amide bonds. The van der Waals surface area contributed by atoms with Crippen molar-refractivity contribution in [3.63, 3.8) is 0 Å². The molecule has 0 radical (unpaired) electrons. The van der Waals surface area contributed by atoms with Crippen LogP contribution in [0.25, 0.3) is 0 Å². The van der Waals surface area contributed by atoms with E-state index >= 15 is 0 Å². The predicted octanol–water partition coefficient (Wildman–Crippen LogP) is 2.23. The number of rotatable bonds is 4. The highest BCUT2D eigenvalue weighted by atomic mass is 19.1. The van der Waals surface area contributed by atoms with Crippen molar-refractivity contribution in [2.75, 3.05) is 6.54 Å². The fourth-order valence-corrected chi connectivity index (χ4v) is 3.31. The summed E-state index contributed by atoms with van der Waals surface area (Å²) in [6, 6.07) is 16.6. The Kier molecular flexibility index (Phi) is 4.20. The minimum Gasteiger partial charge on any atom is -0.369 e. The minimum absolute atomic E-state index is 0.0293. The van der Waals surface area contributed by atoms with E-state index in [1.54, 1.807) is 12.1 Å². The molecule has 0 aliphatic carbocycles. The molecular formula is C18H19FN2O. The number of amides is 1. The third kappa shape index (κ3) is 3.02. The first-order chi connectivity index (χ1) is 10.6. The molecule has 1 aliphatic rings. The second-order valence-corrected chi connectivity index (χ2v) is 5.79. The molecule has 114 valence electrons. The van der Waals surface area contributed by atoms with Crippen LogP contribution in [0, 0.1) is 11.7 Å². The van der Waals surface area contributed by atoms with E-state index in [-0.39, 0.29) is 29.6 Å². The van der Waals surface area contributed by atoms with Gasteiger partial charge in [0.2, 0.25) is 5.91 Å². The molecule has 0 aromatic heterocycles. The van der Waals surface area contributed by atoms with Crippen molar-refractivity contribution < 1.29 is 9.18 Å². The summed E-state index contributed by atoms with van der Waals surface area (Å²) in [5.74, 6) is -0.875. The number of nitrogens with one attached hydrogen (secondary N) is 1. The average molecular weight is 298 g/mol. The number of halogens is 1. The summed E-state index contributed by atoms with van der Waals surface area (Å²) in [6.07, 6.45) is 0.812. The second-order valence-electron chi connectivity index (χ2n) is 5.79. The molecular weight excluding hydrogens is 279 g/mol. The van der Waals surface area contributed by atoms with Crippen molar-refractivity contribution in [1.29, 1.82) is 0 Å². The van der Waals surface area contributed by atoms with Crippen LogP contribution < -0.4 is 11.1 Å². The Morgan fingerprint density at radius 2 is 1.82 bits per heavy atom. The lowest BCUT2D eigenvalue weighted by Gasteiger charge is -2.23. The molecule has 3 atom stereocenters. The topological polar surface area (TPSA) is 55.1 Å². The van der Waals surface area contributed by atoms with Gasteiger partial charge in [-0.1, -0.05) is 42.5 Å². The zero-order chi connectivity index (χ0) is 15.5. The van der Waals surface area contributed by atoms with Crippen LogP contribution in [-0.4, -0.2) is 18.5 Å². The molecule has 3 nitrogen and oxygen atoms in total. The molecule has 3 rings (SSSR count). The van der Waals surface area contributed by atoms with E-state index in [9.17, 15) is 9.18 Å². The van der Waals surface area contributed by atoms with Gasteiger partial charge in [0.05, 0.1) is 5.92 Å². The van der Waals surface area contributed by atoms with Crippen molar-refractivity contribution in [2.45, 2.75) is 18.4 Å². The van der Waals surface area contributed by atoms with Gasteiger partial charge in [-0.25, -0.2) is 4.39 Å². The lowest BCUT2D eigenvalue weighted by molar-refractivity contribution is -0.121. The quantitative estimate of drug-likeness (QED) is 0.909. The van der Waals surface area contributed by atoms with Gasteiger partial charge in [-0.15, -0.1) is 0 Å². The van der Waals surface area contributed by atoms with Gasteiger partial charge in [-0.3, -0.25) is 4.79 Å². The Morgan fingerprint density at radius 3 is 2.45 bits per heavy atom. The van der Waals surface area contributed by atoms with Crippen LogP contribution >= 0.6 is 0 Å². The lowest BCUT2D eigenvalue weighted by atomic mass is 9.81. The first-order valence-corrected chi connectivity index (χ1v) is 7.47. The molecule has 0 spiro atoms. The first-order valence-electron chi connectivity index (χ1n) is 7.47. The van der Waals surface area contributed by atoms with Crippen LogP contribution in [0.5, 0.6) is 0 Å². The number of hydrogen-bond donors (Lipinski definition) is 2. The second kappa shape index (κ2) is 6.28. The predicted molar refractivity (Wildman–Crippen MR) is 83.8 cm³/mol. The number of hydrogen-bond acceptors (Lipinski definition) is 2. The summed E-state index contributed by atoms with van der Waals surface area (Å²) < 4.78 is 13.2. The van der Waals surface area contributed by atoms with Crippen LogP contribution in [0.1, 0.15) is 17.0 Å². The van der Waals surface area contributed by atoms with E-state index in [0.717, 1.165) is 12.0 Å². The summed E-state index contributed by atoms with van der Waals surface area (Å²) >= 11 is 0. The van der Waals surface area contributed by atoms with Crippen molar-refractivity contribution in [1.82, 2.24) is 5.32 Å². The number of carbonyl (C=O) groups is 1. The van der Waals surface area contributed by atoms with Crippen molar-refractivity contribution in [2.24, 2.45) is 11.7 Å². The van der Waals surface area contributed by atoms with Gasteiger partial charge in [0.15, 0.2) is 0 Å². The van der Waals surface area contributed by atoms with Gasteiger partial charge in [0, 0.05) is 18.5 Å². The molecule has 1 heterocycles. The maximum absolute atomic E-state index is 13.2. The Morgan fingerprint density at radius 1 is 1.14 bits per heavy atom. The monoisotopic (exact) mass is 298 g/mol. The summed E-state index contributed by atoms with van der Waals surface area (Å²) in [7, 11) is 0. The summed E-state index contributed by atoms with van der Waals surface area (Å²) in [6.45, 7) is 0.564. The SMILES string of the molecule is NC(=O)C1CNC(Cc2ccccc2)C1c1ccc(F)cc1. The minimum atomic E-state index is -0.308. The van der Waals surface area contributed by atoms with Crippen molar-refractivity contribution >= 4 is 5.91 Å². The third-order valence-electron chi connectivity index (χ3n) is 4.39. The molecule has 2 aromatic rings. The summed E-state index contributed by atoms with van der Waals surface area (Å²) in [4.78, 5) is 11.8. The average Bonchev–Trinajstić information content (AvgIpc) is 2.93. The Labute approximate surface area is 129 Å². The van der Waals surface area contributed by atoms with Gasteiger partial charge >= 0.3 is 0 Å². The van der Waals surface area contributed by atoms with Gasteiger partial charge in [0.1, 0.15) is 5.82 Å². The maximum atomic E-state index is 13.2. The fourth-order valence-electron chi connectivity index (χ4n) is 3.31. The first kappa shape index (κ1) is 14.7. The van der Waals surface area contributed by atoms with E-state index in [1.165, 1.54) is 17.7 Å². The van der Waals surface area contributed by atoms with Crippen LogP contribution in [0.2, 0.25) is 0 Å². The number of benzene rings is 2. The zero-order valence-corrected chi connectivity index (χ0v) is 12.2. The largest absolute Gasteiger partial charge is 0.369 e. The summed E-state index contributed by atoms with van der Waals surface area (Å²) in [5.41, 5.74) is 7.72.